The highest BCUT2D eigenvalue weighted by Crippen LogP contribution is 2.63. The lowest BCUT2D eigenvalue weighted by molar-refractivity contribution is -0.127. The molecule has 0 bridgehead atoms. The van der Waals surface area contributed by atoms with Crippen molar-refractivity contribution in [3.63, 3.8) is 0 Å². The largest absolute Gasteiger partial charge is 0.369 e. The maximum absolute atomic E-state index is 12.1. The van der Waals surface area contributed by atoms with Crippen LogP contribution in [0.3, 0.4) is 0 Å². The normalized spacial score (nSPS) is 30.9. The van der Waals surface area contributed by atoms with Crippen molar-refractivity contribution in [3.05, 3.63) is 0 Å². The summed E-state index contributed by atoms with van der Waals surface area (Å²) in [4.78, 5) is 24.9. The van der Waals surface area contributed by atoms with E-state index < -0.39 is 9.75 Å². The number of nitrogens with zero attached hydrogens (tertiary/aromatic N) is 1. The number of hydrogen-bond acceptors (Lipinski definition) is 3. The first-order valence-electron chi connectivity index (χ1n) is 6.44. The summed E-state index contributed by atoms with van der Waals surface area (Å²) in [5.41, 5.74) is 4.49. The second-order valence-corrected chi connectivity index (χ2v) is 7.19. The number of primary amides is 1. The van der Waals surface area contributed by atoms with Gasteiger partial charge in [0.25, 0.3) is 0 Å². The van der Waals surface area contributed by atoms with Gasteiger partial charge in [-0.25, -0.2) is 0 Å². The Balaban J connectivity index is 1.77. The first-order valence-corrected chi connectivity index (χ1v) is 7.20. The summed E-state index contributed by atoms with van der Waals surface area (Å²) < 4.78 is -0.927. The van der Waals surface area contributed by atoms with Crippen molar-refractivity contribution >= 4 is 35.0 Å². The van der Waals surface area contributed by atoms with Crippen LogP contribution < -0.4 is 11.1 Å². The van der Waals surface area contributed by atoms with Gasteiger partial charge in [-0.15, -0.1) is 23.2 Å². The minimum absolute atomic E-state index is 0.0779. The summed E-state index contributed by atoms with van der Waals surface area (Å²) in [6, 6.07) is 0.123. The van der Waals surface area contributed by atoms with Crippen molar-refractivity contribution in [3.8, 4) is 0 Å². The van der Waals surface area contributed by atoms with E-state index in [2.05, 4.69) is 5.32 Å². The highest BCUT2D eigenvalue weighted by atomic mass is 35.5. The number of halogens is 2. The summed E-state index contributed by atoms with van der Waals surface area (Å²) in [6.45, 7) is 3.59. The highest BCUT2D eigenvalue weighted by molar-refractivity contribution is 6.53. The predicted molar refractivity (Wildman–Crippen MR) is 74.0 cm³/mol. The molecule has 1 saturated heterocycles. The number of rotatable bonds is 4. The Morgan fingerprint density at radius 3 is 2.32 bits per heavy atom. The average Bonchev–Trinajstić information content (AvgIpc) is 2.82. The van der Waals surface area contributed by atoms with Crippen molar-refractivity contribution in [1.29, 1.82) is 0 Å². The van der Waals surface area contributed by atoms with E-state index in [1.807, 2.05) is 4.90 Å². The van der Waals surface area contributed by atoms with Crippen molar-refractivity contribution in [2.24, 2.45) is 11.1 Å². The first-order chi connectivity index (χ1) is 8.74. The quantitative estimate of drug-likeness (QED) is 0.748. The lowest BCUT2D eigenvalue weighted by Gasteiger charge is -2.32. The molecule has 0 unspecified atom stereocenters. The Labute approximate surface area is 122 Å². The van der Waals surface area contributed by atoms with Crippen molar-refractivity contribution < 1.29 is 9.59 Å². The molecule has 5 nitrogen and oxygen atoms in total. The molecular formula is C12H19Cl2N3O2. The third-order valence-corrected chi connectivity index (χ3v) is 5.16. The Kier molecular flexibility index (Phi) is 4.00. The molecule has 19 heavy (non-hydrogen) atoms. The molecule has 0 aromatic heterocycles. The third-order valence-electron chi connectivity index (χ3n) is 4.06. The molecule has 7 heteroatoms. The average molecular weight is 308 g/mol. The summed E-state index contributed by atoms with van der Waals surface area (Å²) in [5.74, 6) is -0.395. The fourth-order valence-electron chi connectivity index (χ4n) is 2.45. The SMILES string of the molecule is C[C@]1(C(=O)NC2CCN(CC(N)=O)CC2)CC1(Cl)Cl. The van der Waals surface area contributed by atoms with Crippen molar-refractivity contribution in [2.45, 2.75) is 36.6 Å². The first kappa shape index (κ1) is 14.9. The molecule has 3 N–H and O–H groups in total. The summed E-state index contributed by atoms with van der Waals surface area (Å²) in [6.07, 6.45) is 2.12. The van der Waals surface area contributed by atoms with Gasteiger partial charge >= 0.3 is 0 Å². The fourth-order valence-corrected chi connectivity index (χ4v) is 3.15. The molecule has 1 aliphatic carbocycles. The van der Waals surface area contributed by atoms with Crippen LogP contribution in [0.1, 0.15) is 26.2 Å². The molecule has 2 fully saturated rings. The van der Waals surface area contributed by atoms with Gasteiger partial charge in [-0.3, -0.25) is 14.5 Å². The van der Waals surface area contributed by atoms with Gasteiger partial charge in [-0.1, -0.05) is 0 Å². The van der Waals surface area contributed by atoms with Gasteiger partial charge in [0.15, 0.2) is 0 Å². The van der Waals surface area contributed by atoms with Crippen LogP contribution in [0.15, 0.2) is 0 Å². The summed E-state index contributed by atoms with van der Waals surface area (Å²) in [5, 5.41) is 3.00. The van der Waals surface area contributed by atoms with Crippen LogP contribution in [0.5, 0.6) is 0 Å². The molecule has 1 atom stereocenters. The summed E-state index contributed by atoms with van der Waals surface area (Å²) in [7, 11) is 0. The summed E-state index contributed by atoms with van der Waals surface area (Å²) >= 11 is 12.0. The molecule has 1 heterocycles. The van der Waals surface area contributed by atoms with E-state index in [4.69, 9.17) is 28.9 Å². The number of likely N-dealkylation sites (tertiary alicyclic amines) is 1. The highest BCUT2D eigenvalue weighted by Gasteiger charge is 2.68. The fraction of sp³-hybridized carbons (Fsp3) is 0.833. The number of nitrogens with one attached hydrogen (secondary N) is 1. The number of hydrogen-bond donors (Lipinski definition) is 2. The Hall–Kier alpha value is -0.520. The van der Waals surface area contributed by atoms with Crippen molar-refractivity contribution in [2.75, 3.05) is 19.6 Å². The van der Waals surface area contributed by atoms with Crippen LogP contribution in [0.25, 0.3) is 0 Å². The van der Waals surface area contributed by atoms with E-state index in [0.717, 1.165) is 25.9 Å². The van der Waals surface area contributed by atoms with Crippen LogP contribution in [0.4, 0.5) is 0 Å². The standard InChI is InChI=1S/C12H19Cl2N3O2/c1-11(7-12(11,13)14)10(19)16-8-2-4-17(5-3-8)6-9(15)18/h8H,2-7H2,1H3,(H2,15,18)(H,16,19)/t11-/m1/s1. The minimum Gasteiger partial charge on any atom is -0.369 e. The van der Waals surface area contributed by atoms with Gasteiger partial charge in [0, 0.05) is 19.1 Å². The van der Waals surface area contributed by atoms with E-state index in [1.54, 1.807) is 6.92 Å². The molecule has 0 radical (unpaired) electrons. The molecule has 2 amide bonds. The Bertz CT molecular complexity index is 394. The van der Waals surface area contributed by atoms with Crippen LogP contribution in [0.2, 0.25) is 0 Å². The number of carbonyl (C=O) groups excluding carboxylic acids is 2. The van der Waals surface area contributed by atoms with E-state index in [0.29, 0.717) is 6.42 Å². The molecule has 1 aliphatic heterocycles. The van der Waals surface area contributed by atoms with Gasteiger partial charge in [0.1, 0.15) is 4.33 Å². The van der Waals surface area contributed by atoms with Crippen LogP contribution in [-0.2, 0) is 9.59 Å². The Morgan fingerprint density at radius 1 is 1.37 bits per heavy atom. The molecule has 108 valence electrons. The third kappa shape index (κ3) is 3.15. The molecule has 2 rings (SSSR count). The van der Waals surface area contributed by atoms with Gasteiger partial charge in [0.05, 0.1) is 12.0 Å². The van der Waals surface area contributed by atoms with Gasteiger partial charge in [-0.05, 0) is 26.2 Å². The molecule has 1 saturated carbocycles. The smallest absolute Gasteiger partial charge is 0.231 e. The maximum Gasteiger partial charge on any atom is 0.231 e. The lowest BCUT2D eigenvalue weighted by Crippen LogP contribution is -2.48. The number of nitrogens with two attached hydrogens (primary N) is 1. The second kappa shape index (κ2) is 5.11. The van der Waals surface area contributed by atoms with Crippen LogP contribution in [0, 0.1) is 5.41 Å². The topological polar surface area (TPSA) is 75.4 Å². The lowest BCUT2D eigenvalue weighted by atomic mass is 10.0. The molecule has 2 aliphatic rings. The van der Waals surface area contributed by atoms with E-state index in [-0.39, 0.29) is 24.4 Å². The molecular weight excluding hydrogens is 289 g/mol. The number of alkyl halides is 2. The zero-order valence-electron chi connectivity index (χ0n) is 10.9. The van der Waals surface area contributed by atoms with Gasteiger partial charge in [0.2, 0.25) is 11.8 Å². The van der Waals surface area contributed by atoms with Crippen LogP contribution >= 0.6 is 23.2 Å². The zero-order chi connectivity index (χ0) is 14.3. The second-order valence-electron chi connectivity index (χ2n) is 5.70. The van der Waals surface area contributed by atoms with Crippen LogP contribution in [-0.4, -0.2) is 46.7 Å². The predicted octanol–water partition coefficient (Wildman–Crippen LogP) is 0.636. The minimum atomic E-state index is -0.927. The van der Waals surface area contributed by atoms with E-state index in [1.165, 1.54) is 0 Å². The van der Waals surface area contributed by atoms with Crippen molar-refractivity contribution in [1.82, 2.24) is 10.2 Å². The van der Waals surface area contributed by atoms with E-state index in [9.17, 15) is 9.59 Å². The molecule has 0 aromatic rings. The number of piperidine rings is 1. The Morgan fingerprint density at radius 2 is 1.89 bits per heavy atom. The van der Waals surface area contributed by atoms with Gasteiger partial charge in [-0.2, -0.15) is 0 Å². The molecule has 0 aromatic carbocycles. The molecule has 0 spiro atoms. The maximum atomic E-state index is 12.1. The number of amides is 2. The van der Waals surface area contributed by atoms with E-state index >= 15 is 0 Å². The zero-order valence-corrected chi connectivity index (χ0v) is 12.4. The monoisotopic (exact) mass is 307 g/mol. The number of carbonyl (C=O) groups is 2. The van der Waals surface area contributed by atoms with Gasteiger partial charge < -0.3 is 11.1 Å².